The first-order valence-corrected chi connectivity index (χ1v) is 7.86. The maximum atomic E-state index is 11.0. The Labute approximate surface area is 132 Å². The predicted octanol–water partition coefficient (Wildman–Crippen LogP) is 4.97. The zero-order valence-corrected chi connectivity index (χ0v) is 13.1. The van der Waals surface area contributed by atoms with Crippen LogP contribution < -0.4 is 5.32 Å². The number of halogens is 1. The van der Waals surface area contributed by atoms with Crippen LogP contribution in [0.5, 0.6) is 0 Å². The van der Waals surface area contributed by atoms with Gasteiger partial charge in [0.25, 0.3) is 5.69 Å². The zero-order valence-electron chi connectivity index (χ0n) is 11.5. The molecule has 0 spiro atoms. The average molecular weight is 323 g/mol. The molecule has 0 amide bonds. The topological polar surface area (TPSA) is 55.2 Å². The summed E-state index contributed by atoms with van der Waals surface area (Å²) in [5.41, 5.74) is 1.71. The molecular weight excluding hydrogens is 308 g/mol. The summed E-state index contributed by atoms with van der Waals surface area (Å²) in [5.74, 6) is 0.748. The minimum atomic E-state index is -0.367. The second kappa shape index (κ2) is 7.33. The van der Waals surface area contributed by atoms with Crippen LogP contribution in [0.25, 0.3) is 0 Å². The van der Waals surface area contributed by atoms with Crippen molar-refractivity contribution in [2.45, 2.75) is 17.6 Å². The lowest BCUT2D eigenvalue weighted by Crippen LogP contribution is -2.01. The molecule has 2 rings (SSSR count). The van der Waals surface area contributed by atoms with Crippen LogP contribution in [0.3, 0.4) is 0 Å². The lowest BCUT2D eigenvalue weighted by molar-refractivity contribution is -0.384. The second-order valence-corrected chi connectivity index (χ2v) is 5.87. The number of rotatable bonds is 6. The number of thioether (sulfide) groups is 1. The number of benzene rings is 2. The summed E-state index contributed by atoms with van der Waals surface area (Å²) in [6.07, 6.45) is 0. The van der Waals surface area contributed by atoms with Crippen molar-refractivity contribution in [3.8, 4) is 0 Å². The number of nitrogens with zero attached hydrogens (tertiary/aromatic N) is 1. The van der Waals surface area contributed by atoms with Crippen molar-refractivity contribution in [3.05, 3.63) is 63.2 Å². The standard InChI is InChI=1S/C15H15ClN2O2S/c1-2-17-14-9-11(3-8-15(14)18(19)20)10-21-13-6-4-12(16)5-7-13/h3-9,17H,2,10H2,1H3. The van der Waals surface area contributed by atoms with Gasteiger partial charge in [0, 0.05) is 28.3 Å². The van der Waals surface area contributed by atoms with E-state index in [1.165, 1.54) is 0 Å². The number of nitrogens with one attached hydrogen (secondary N) is 1. The van der Waals surface area contributed by atoms with Gasteiger partial charge in [-0.1, -0.05) is 17.7 Å². The summed E-state index contributed by atoms with van der Waals surface area (Å²) in [6, 6.07) is 12.8. The second-order valence-electron chi connectivity index (χ2n) is 4.38. The molecule has 2 aromatic carbocycles. The molecule has 0 fully saturated rings. The lowest BCUT2D eigenvalue weighted by Gasteiger charge is -2.07. The monoisotopic (exact) mass is 322 g/mol. The Balaban J connectivity index is 2.11. The highest BCUT2D eigenvalue weighted by Crippen LogP contribution is 2.29. The lowest BCUT2D eigenvalue weighted by atomic mass is 10.2. The predicted molar refractivity (Wildman–Crippen MR) is 88.3 cm³/mol. The highest BCUT2D eigenvalue weighted by atomic mass is 35.5. The molecule has 0 aliphatic carbocycles. The highest BCUT2D eigenvalue weighted by molar-refractivity contribution is 7.98. The molecule has 0 aromatic heterocycles. The van der Waals surface area contributed by atoms with Gasteiger partial charge in [0.05, 0.1) is 4.92 Å². The van der Waals surface area contributed by atoms with E-state index in [0.717, 1.165) is 16.2 Å². The zero-order chi connectivity index (χ0) is 15.2. The van der Waals surface area contributed by atoms with Crippen molar-refractivity contribution >= 4 is 34.7 Å². The third-order valence-corrected chi connectivity index (χ3v) is 4.18. The van der Waals surface area contributed by atoms with Crippen molar-refractivity contribution in [3.63, 3.8) is 0 Å². The Morgan fingerprint density at radius 3 is 2.57 bits per heavy atom. The van der Waals surface area contributed by atoms with Gasteiger partial charge in [-0.2, -0.15) is 0 Å². The Bertz CT molecular complexity index is 632. The Kier molecular flexibility index (Phi) is 5.47. The summed E-state index contributed by atoms with van der Waals surface area (Å²) < 4.78 is 0. The molecule has 1 N–H and O–H groups in total. The van der Waals surface area contributed by atoms with Gasteiger partial charge in [0.15, 0.2) is 0 Å². The number of hydrogen-bond acceptors (Lipinski definition) is 4. The van der Waals surface area contributed by atoms with Crippen LogP contribution in [-0.2, 0) is 5.75 Å². The summed E-state index contributed by atoms with van der Waals surface area (Å²) in [7, 11) is 0. The number of hydrogen-bond donors (Lipinski definition) is 1. The van der Waals surface area contributed by atoms with E-state index in [2.05, 4.69) is 5.32 Å². The minimum absolute atomic E-state index is 0.108. The molecule has 4 nitrogen and oxygen atoms in total. The molecule has 0 aliphatic rings. The van der Waals surface area contributed by atoms with Crippen LogP contribution in [0.2, 0.25) is 5.02 Å². The molecule has 110 valence electrons. The summed E-state index contributed by atoms with van der Waals surface area (Å²) in [4.78, 5) is 11.7. The van der Waals surface area contributed by atoms with Gasteiger partial charge in [-0.15, -0.1) is 11.8 Å². The fourth-order valence-electron chi connectivity index (χ4n) is 1.86. The molecule has 0 heterocycles. The van der Waals surface area contributed by atoms with E-state index in [4.69, 9.17) is 11.6 Å². The third kappa shape index (κ3) is 4.37. The van der Waals surface area contributed by atoms with E-state index >= 15 is 0 Å². The van der Waals surface area contributed by atoms with E-state index in [9.17, 15) is 10.1 Å². The van der Waals surface area contributed by atoms with Gasteiger partial charge in [-0.3, -0.25) is 10.1 Å². The van der Waals surface area contributed by atoms with E-state index in [0.29, 0.717) is 17.3 Å². The molecule has 6 heteroatoms. The molecule has 0 unspecified atom stereocenters. The third-order valence-electron chi connectivity index (χ3n) is 2.84. The molecule has 0 saturated heterocycles. The maximum Gasteiger partial charge on any atom is 0.292 e. The molecule has 0 bridgehead atoms. The number of nitro groups is 1. The van der Waals surface area contributed by atoms with Crippen LogP contribution in [-0.4, -0.2) is 11.5 Å². The maximum absolute atomic E-state index is 11.0. The van der Waals surface area contributed by atoms with Crippen molar-refractivity contribution in [2.75, 3.05) is 11.9 Å². The fraction of sp³-hybridized carbons (Fsp3) is 0.200. The average Bonchev–Trinajstić information content (AvgIpc) is 2.47. The Hall–Kier alpha value is -1.72. The quantitative estimate of drug-likeness (QED) is 0.463. The van der Waals surface area contributed by atoms with E-state index in [1.54, 1.807) is 23.9 Å². The molecule has 2 aromatic rings. The SMILES string of the molecule is CCNc1cc(CSc2ccc(Cl)cc2)ccc1[N+](=O)[O-]. The van der Waals surface area contributed by atoms with Crippen molar-refractivity contribution in [1.29, 1.82) is 0 Å². The van der Waals surface area contributed by atoms with Crippen LogP contribution in [0.1, 0.15) is 12.5 Å². The van der Waals surface area contributed by atoms with Gasteiger partial charge >= 0.3 is 0 Å². The van der Waals surface area contributed by atoms with Crippen molar-refractivity contribution < 1.29 is 4.92 Å². The van der Waals surface area contributed by atoms with Crippen LogP contribution in [0.15, 0.2) is 47.4 Å². The first-order chi connectivity index (χ1) is 10.1. The number of anilines is 1. The van der Waals surface area contributed by atoms with Gasteiger partial charge in [0.1, 0.15) is 5.69 Å². The first-order valence-electron chi connectivity index (χ1n) is 6.49. The van der Waals surface area contributed by atoms with Gasteiger partial charge in [-0.05, 0) is 42.8 Å². The molecule has 0 saturated carbocycles. The molecular formula is C15H15ClN2O2S. The highest BCUT2D eigenvalue weighted by Gasteiger charge is 2.13. The number of nitro benzene ring substituents is 1. The van der Waals surface area contributed by atoms with Gasteiger partial charge in [-0.25, -0.2) is 0 Å². The summed E-state index contributed by atoms with van der Waals surface area (Å²) >= 11 is 7.52. The molecule has 0 radical (unpaired) electrons. The van der Waals surface area contributed by atoms with Crippen LogP contribution in [0.4, 0.5) is 11.4 Å². The Morgan fingerprint density at radius 2 is 1.95 bits per heavy atom. The summed E-state index contributed by atoms with van der Waals surface area (Å²) in [5, 5.41) is 14.7. The van der Waals surface area contributed by atoms with Crippen LogP contribution >= 0.6 is 23.4 Å². The molecule has 0 aliphatic heterocycles. The molecule has 0 atom stereocenters. The van der Waals surface area contributed by atoms with Crippen molar-refractivity contribution in [1.82, 2.24) is 0 Å². The van der Waals surface area contributed by atoms with Gasteiger partial charge in [0.2, 0.25) is 0 Å². The van der Waals surface area contributed by atoms with E-state index in [-0.39, 0.29) is 10.6 Å². The van der Waals surface area contributed by atoms with E-state index in [1.807, 2.05) is 37.3 Å². The van der Waals surface area contributed by atoms with Gasteiger partial charge < -0.3 is 5.32 Å². The minimum Gasteiger partial charge on any atom is -0.380 e. The van der Waals surface area contributed by atoms with Crippen LogP contribution in [0, 0.1) is 10.1 Å². The smallest absolute Gasteiger partial charge is 0.292 e. The largest absolute Gasteiger partial charge is 0.380 e. The first kappa shape index (κ1) is 15.7. The summed E-state index contributed by atoms with van der Waals surface area (Å²) in [6.45, 7) is 2.56. The normalized spacial score (nSPS) is 10.4. The van der Waals surface area contributed by atoms with E-state index < -0.39 is 0 Å². The molecule has 21 heavy (non-hydrogen) atoms. The fourth-order valence-corrected chi connectivity index (χ4v) is 2.83. The Morgan fingerprint density at radius 1 is 1.24 bits per heavy atom. The van der Waals surface area contributed by atoms with Crippen molar-refractivity contribution in [2.24, 2.45) is 0 Å².